The Bertz CT molecular complexity index is 579. The molecule has 2 rings (SSSR count). The Balaban J connectivity index is 2.03. The highest BCUT2D eigenvalue weighted by Crippen LogP contribution is 2.25. The van der Waals surface area contributed by atoms with E-state index in [0.29, 0.717) is 16.5 Å². The predicted molar refractivity (Wildman–Crippen MR) is 75.5 cm³/mol. The summed E-state index contributed by atoms with van der Waals surface area (Å²) in [4.78, 5) is 11.7. The topological polar surface area (TPSA) is 42.2 Å². The number of amides is 1. The number of rotatable bonds is 3. The number of carbonyl (C=O) groups is 1. The van der Waals surface area contributed by atoms with E-state index in [9.17, 15) is 4.79 Å². The fraction of sp³-hybridized carbons (Fsp3) is 0. The van der Waals surface area contributed by atoms with E-state index in [4.69, 9.17) is 16.0 Å². The Morgan fingerprint density at radius 3 is 2.89 bits per heavy atom. The maximum Gasteiger partial charge on any atom is 0.248 e. The van der Waals surface area contributed by atoms with Gasteiger partial charge >= 0.3 is 0 Å². The lowest BCUT2D eigenvalue weighted by atomic mass is 10.3. The van der Waals surface area contributed by atoms with Gasteiger partial charge in [0.05, 0.1) is 12.0 Å². The molecule has 0 fully saturated rings. The van der Waals surface area contributed by atoms with Gasteiger partial charge in [0.2, 0.25) is 5.91 Å². The van der Waals surface area contributed by atoms with E-state index in [-0.39, 0.29) is 5.91 Å². The zero-order chi connectivity index (χ0) is 13.0. The Hall–Kier alpha value is -1.52. The number of carbonyl (C=O) groups excluding carboxylic acids is 1. The molecule has 0 atom stereocenters. The second kappa shape index (κ2) is 5.89. The zero-order valence-corrected chi connectivity index (χ0v) is 11.5. The number of hydrogen-bond donors (Lipinski definition) is 1. The number of hydrogen-bond acceptors (Lipinski definition) is 2. The van der Waals surface area contributed by atoms with E-state index in [1.54, 1.807) is 42.7 Å². The normalized spacial score (nSPS) is 10.8. The molecule has 18 heavy (non-hydrogen) atoms. The van der Waals surface area contributed by atoms with Crippen LogP contribution in [0.1, 0.15) is 5.76 Å². The quantitative estimate of drug-likeness (QED) is 0.852. The average molecular weight is 327 g/mol. The highest BCUT2D eigenvalue weighted by molar-refractivity contribution is 9.10. The van der Waals surface area contributed by atoms with Crippen LogP contribution in [0.4, 0.5) is 5.69 Å². The van der Waals surface area contributed by atoms with Crippen molar-refractivity contribution < 1.29 is 9.21 Å². The smallest absolute Gasteiger partial charge is 0.248 e. The molecule has 5 heteroatoms. The fourth-order valence-electron chi connectivity index (χ4n) is 1.31. The summed E-state index contributed by atoms with van der Waals surface area (Å²) in [6.07, 6.45) is 4.55. The summed E-state index contributed by atoms with van der Waals surface area (Å²) < 4.78 is 5.81. The summed E-state index contributed by atoms with van der Waals surface area (Å²) in [5.41, 5.74) is 0.661. The highest BCUT2D eigenvalue weighted by atomic mass is 79.9. The summed E-state index contributed by atoms with van der Waals surface area (Å²) in [6.45, 7) is 0. The molecule has 1 aromatic carbocycles. The van der Waals surface area contributed by atoms with E-state index in [1.807, 2.05) is 0 Å². The fourth-order valence-corrected chi connectivity index (χ4v) is 2.09. The van der Waals surface area contributed by atoms with Crippen molar-refractivity contribution in [3.05, 3.63) is 57.9 Å². The number of furan rings is 1. The van der Waals surface area contributed by atoms with Gasteiger partial charge in [0.15, 0.2) is 0 Å². The van der Waals surface area contributed by atoms with Crippen molar-refractivity contribution in [3.8, 4) is 0 Å². The highest BCUT2D eigenvalue weighted by Gasteiger charge is 2.03. The van der Waals surface area contributed by atoms with Gasteiger partial charge in [0, 0.05) is 15.6 Å². The van der Waals surface area contributed by atoms with Gasteiger partial charge in [0.1, 0.15) is 5.76 Å². The van der Waals surface area contributed by atoms with Crippen molar-refractivity contribution in [2.24, 2.45) is 0 Å². The maximum atomic E-state index is 11.7. The molecular weight excluding hydrogens is 318 g/mol. The number of halogens is 2. The number of benzene rings is 1. The second-order valence-electron chi connectivity index (χ2n) is 3.46. The first-order chi connectivity index (χ1) is 8.65. The molecule has 0 aliphatic rings. The molecule has 0 unspecified atom stereocenters. The number of nitrogens with one attached hydrogen (secondary N) is 1. The Morgan fingerprint density at radius 1 is 1.39 bits per heavy atom. The molecule has 2 aromatic rings. The van der Waals surface area contributed by atoms with Crippen LogP contribution in [-0.2, 0) is 4.79 Å². The first kappa shape index (κ1) is 12.9. The van der Waals surface area contributed by atoms with Gasteiger partial charge < -0.3 is 9.73 Å². The van der Waals surface area contributed by atoms with E-state index in [1.165, 1.54) is 6.08 Å². The average Bonchev–Trinajstić information content (AvgIpc) is 2.83. The molecule has 1 amide bonds. The first-order valence-electron chi connectivity index (χ1n) is 5.13. The van der Waals surface area contributed by atoms with Crippen molar-refractivity contribution >= 4 is 45.2 Å². The lowest BCUT2D eigenvalue weighted by molar-refractivity contribution is -0.111. The first-order valence-corrected chi connectivity index (χ1v) is 6.30. The zero-order valence-electron chi connectivity index (χ0n) is 9.19. The summed E-state index contributed by atoms with van der Waals surface area (Å²) in [7, 11) is 0. The van der Waals surface area contributed by atoms with Crippen molar-refractivity contribution in [2.75, 3.05) is 5.32 Å². The molecule has 0 saturated carbocycles. The minimum Gasteiger partial charge on any atom is -0.465 e. The van der Waals surface area contributed by atoms with Crippen molar-refractivity contribution in [1.29, 1.82) is 0 Å². The molecular formula is C13H9BrClNO2. The minimum absolute atomic E-state index is 0.241. The third-order valence-electron chi connectivity index (χ3n) is 2.13. The van der Waals surface area contributed by atoms with E-state index >= 15 is 0 Å². The van der Waals surface area contributed by atoms with E-state index < -0.39 is 0 Å². The summed E-state index contributed by atoms with van der Waals surface area (Å²) in [6, 6.07) is 8.67. The van der Waals surface area contributed by atoms with Crippen molar-refractivity contribution in [1.82, 2.24) is 0 Å². The monoisotopic (exact) mass is 325 g/mol. The SMILES string of the molecule is O=C(/C=C/c1ccco1)Nc1ccc(Cl)cc1Br. The standard InChI is InChI=1S/C13H9BrClNO2/c14-11-8-9(15)3-5-12(11)16-13(17)6-4-10-2-1-7-18-10/h1-8H,(H,16,17)/b6-4+. The number of anilines is 1. The van der Waals surface area contributed by atoms with Gasteiger partial charge in [-0.2, -0.15) is 0 Å². The van der Waals surface area contributed by atoms with Crippen LogP contribution in [0.2, 0.25) is 5.02 Å². The minimum atomic E-state index is -0.241. The van der Waals surface area contributed by atoms with Crippen LogP contribution >= 0.6 is 27.5 Å². The molecule has 92 valence electrons. The second-order valence-corrected chi connectivity index (χ2v) is 4.75. The van der Waals surface area contributed by atoms with E-state index in [2.05, 4.69) is 21.2 Å². The van der Waals surface area contributed by atoms with Crippen LogP contribution in [0.15, 0.2) is 51.6 Å². The molecule has 3 nitrogen and oxygen atoms in total. The summed E-state index contributed by atoms with van der Waals surface area (Å²) >= 11 is 9.14. The van der Waals surface area contributed by atoms with Crippen LogP contribution in [-0.4, -0.2) is 5.91 Å². The maximum absolute atomic E-state index is 11.7. The van der Waals surface area contributed by atoms with Crippen LogP contribution in [0.25, 0.3) is 6.08 Å². The van der Waals surface area contributed by atoms with Crippen LogP contribution < -0.4 is 5.32 Å². The van der Waals surface area contributed by atoms with Crippen LogP contribution in [0.5, 0.6) is 0 Å². The molecule has 0 saturated heterocycles. The molecule has 1 aromatic heterocycles. The molecule has 1 heterocycles. The van der Waals surface area contributed by atoms with E-state index in [0.717, 1.165) is 4.47 Å². The van der Waals surface area contributed by atoms with Crippen molar-refractivity contribution in [3.63, 3.8) is 0 Å². The van der Waals surface area contributed by atoms with Gasteiger partial charge in [-0.25, -0.2) is 0 Å². The van der Waals surface area contributed by atoms with Gasteiger partial charge in [0.25, 0.3) is 0 Å². The summed E-state index contributed by atoms with van der Waals surface area (Å²) in [5, 5.41) is 3.33. The molecule has 1 N–H and O–H groups in total. The van der Waals surface area contributed by atoms with Crippen LogP contribution in [0, 0.1) is 0 Å². The third kappa shape index (κ3) is 3.48. The molecule has 0 aliphatic heterocycles. The molecule has 0 radical (unpaired) electrons. The predicted octanol–water partition coefficient (Wildman–Crippen LogP) is 4.35. The van der Waals surface area contributed by atoms with Crippen LogP contribution in [0.3, 0.4) is 0 Å². The van der Waals surface area contributed by atoms with Gasteiger partial charge in [-0.1, -0.05) is 11.6 Å². The Labute approximate surface area is 118 Å². The van der Waals surface area contributed by atoms with Gasteiger partial charge in [-0.05, 0) is 52.3 Å². The lowest BCUT2D eigenvalue weighted by Crippen LogP contribution is -2.08. The van der Waals surface area contributed by atoms with Crippen molar-refractivity contribution in [2.45, 2.75) is 0 Å². The summed E-state index contributed by atoms with van der Waals surface area (Å²) in [5.74, 6) is 0.384. The molecule has 0 bridgehead atoms. The van der Waals surface area contributed by atoms with Gasteiger partial charge in [-0.3, -0.25) is 4.79 Å². The Morgan fingerprint density at radius 2 is 2.22 bits per heavy atom. The third-order valence-corrected chi connectivity index (χ3v) is 3.02. The largest absolute Gasteiger partial charge is 0.465 e. The molecule has 0 spiro atoms. The molecule has 0 aliphatic carbocycles. The van der Waals surface area contributed by atoms with Gasteiger partial charge in [-0.15, -0.1) is 0 Å². The Kier molecular flexibility index (Phi) is 4.23. The lowest BCUT2D eigenvalue weighted by Gasteiger charge is -2.04.